The van der Waals surface area contributed by atoms with Crippen LogP contribution in [0.2, 0.25) is 0 Å². The first-order chi connectivity index (χ1) is 15.3. The number of aromatic nitrogens is 1. The van der Waals surface area contributed by atoms with Crippen LogP contribution in [0, 0.1) is 12.7 Å². The molecule has 0 amide bonds. The molecule has 162 valence electrons. The van der Waals surface area contributed by atoms with Gasteiger partial charge in [0.05, 0.1) is 5.69 Å². The Labute approximate surface area is 192 Å². The fraction of sp³-hybridized carbons (Fsp3) is 0.0800. The Balaban J connectivity index is 1.77. The summed E-state index contributed by atoms with van der Waals surface area (Å²) in [4.78, 5) is 11.5. The van der Waals surface area contributed by atoms with Gasteiger partial charge in [-0.1, -0.05) is 28.1 Å². The third-order valence-electron chi connectivity index (χ3n) is 5.07. The zero-order valence-corrected chi connectivity index (χ0v) is 18.6. The van der Waals surface area contributed by atoms with Crippen LogP contribution in [0.1, 0.15) is 21.6 Å². The van der Waals surface area contributed by atoms with Crippen LogP contribution in [0.15, 0.2) is 77.3 Å². The van der Waals surface area contributed by atoms with Crippen LogP contribution in [0.25, 0.3) is 16.9 Å². The third-order valence-corrected chi connectivity index (χ3v) is 5.56. The standard InChI is InChI=1S/C25H19BrFNO4/c1-15-2-9-22(28(15)19-8-10-23(29)21(13-19)25(30)31)20-12-17(26)5-11-24(20)32-14-16-3-6-18(27)7-4-16/h2-13,29H,14H2,1H3,(H,30,31). The van der Waals surface area contributed by atoms with Gasteiger partial charge in [-0.2, -0.15) is 0 Å². The molecule has 0 aliphatic heterocycles. The monoisotopic (exact) mass is 495 g/mol. The Kier molecular flexibility index (Phi) is 6.01. The molecular weight excluding hydrogens is 477 g/mol. The number of carboxylic acids is 1. The summed E-state index contributed by atoms with van der Waals surface area (Å²) in [5.41, 5.74) is 3.72. The zero-order valence-electron chi connectivity index (χ0n) is 17.0. The molecule has 0 saturated heterocycles. The predicted molar refractivity (Wildman–Crippen MR) is 123 cm³/mol. The lowest BCUT2D eigenvalue weighted by Crippen LogP contribution is -2.04. The minimum atomic E-state index is -1.21. The van der Waals surface area contributed by atoms with Gasteiger partial charge in [0.2, 0.25) is 0 Å². The van der Waals surface area contributed by atoms with Crippen LogP contribution < -0.4 is 4.74 Å². The number of aryl methyl sites for hydroxylation is 1. The molecular formula is C25H19BrFNO4. The van der Waals surface area contributed by atoms with E-state index in [2.05, 4.69) is 15.9 Å². The first-order valence-corrected chi connectivity index (χ1v) is 10.5. The number of hydrogen-bond acceptors (Lipinski definition) is 3. The van der Waals surface area contributed by atoms with E-state index in [9.17, 15) is 19.4 Å². The van der Waals surface area contributed by atoms with E-state index in [-0.39, 0.29) is 23.7 Å². The Morgan fingerprint density at radius 3 is 2.50 bits per heavy atom. The smallest absolute Gasteiger partial charge is 0.339 e. The molecule has 0 atom stereocenters. The van der Waals surface area contributed by atoms with Crippen molar-refractivity contribution in [2.75, 3.05) is 0 Å². The van der Waals surface area contributed by atoms with Crippen LogP contribution >= 0.6 is 15.9 Å². The van der Waals surface area contributed by atoms with E-state index in [1.54, 1.807) is 18.2 Å². The molecule has 1 heterocycles. The molecule has 0 aliphatic rings. The average molecular weight is 496 g/mol. The molecule has 0 bridgehead atoms. The number of nitrogens with zero attached hydrogens (tertiary/aromatic N) is 1. The molecule has 0 saturated carbocycles. The van der Waals surface area contributed by atoms with E-state index in [4.69, 9.17) is 4.74 Å². The largest absolute Gasteiger partial charge is 0.507 e. The van der Waals surface area contributed by atoms with Gasteiger partial charge < -0.3 is 19.5 Å². The SMILES string of the molecule is Cc1ccc(-c2cc(Br)ccc2OCc2ccc(F)cc2)n1-c1ccc(O)c(C(=O)O)c1. The van der Waals surface area contributed by atoms with Crippen molar-refractivity contribution in [3.05, 3.63) is 99.9 Å². The van der Waals surface area contributed by atoms with Gasteiger partial charge in [0, 0.05) is 21.4 Å². The Morgan fingerprint density at radius 1 is 1.03 bits per heavy atom. The summed E-state index contributed by atoms with van der Waals surface area (Å²) >= 11 is 3.51. The Morgan fingerprint density at radius 2 is 1.78 bits per heavy atom. The summed E-state index contributed by atoms with van der Waals surface area (Å²) in [6.07, 6.45) is 0. The number of ether oxygens (including phenoxy) is 1. The zero-order chi connectivity index (χ0) is 22.8. The molecule has 2 N–H and O–H groups in total. The highest BCUT2D eigenvalue weighted by Gasteiger charge is 2.17. The molecule has 4 rings (SSSR count). The van der Waals surface area contributed by atoms with E-state index in [0.29, 0.717) is 11.4 Å². The molecule has 7 heteroatoms. The number of carbonyl (C=O) groups is 1. The topological polar surface area (TPSA) is 71.7 Å². The van der Waals surface area contributed by atoms with Gasteiger partial charge in [0.1, 0.15) is 29.5 Å². The lowest BCUT2D eigenvalue weighted by atomic mass is 10.1. The quantitative estimate of drug-likeness (QED) is 0.327. The second-order valence-electron chi connectivity index (χ2n) is 7.26. The predicted octanol–water partition coefficient (Wildman–Crippen LogP) is 6.34. The fourth-order valence-corrected chi connectivity index (χ4v) is 3.86. The molecule has 3 aromatic carbocycles. The maximum atomic E-state index is 13.2. The maximum absolute atomic E-state index is 13.2. The van der Waals surface area contributed by atoms with E-state index in [0.717, 1.165) is 27.0 Å². The van der Waals surface area contributed by atoms with Crippen molar-refractivity contribution in [3.8, 4) is 28.4 Å². The van der Waals surface area contributed by atoms with Crippen molar-refractivity contribution in [1.82, 2.24) is 4.57 Å². The normalized spacial score (nSPS) is 10.8. The number of aromatic carboxylic acids is 1. The van der Waals surface area contributed by atoms with Crippen LogP contribution in [0.3, 0.4) is 0 Å². The first kappa shape index (κ1) is 21.6. The summed E-state index contributed by atoms with van der Waals surface area (Å²) < 4.78 is 22.0. The van der Waals surface area contributed by atoms with Gasteiger partial charge >= 0.3 is 5.97 Å². The number of carboxylic acid groups (broad SMARTS) is 1. The first-order valence-electron chi connectivity index (χ1n) is 9.75. The summed E-state index contributed by atoms with van der Waals surface area (Å²) in [6.45, 7) is 2.17. The highest BCUT2D eigenvalue weighted by atomic mass is 79.9. The maximum Gasteiger partial charge on any atom is 0.339 e. The molecule has 5 nitrogen and oxygen atoms in total. The van der Waals surface area contributed by atoms with Crippen molar-refractivity contribution < 1.29 is 24.1 Å². The lowest BCUT2D eigenvalue weighted by Gasteiger charge is -2.17. The van der Waals surface area contributed by atoms with E-state index in [1.807, 2.05) is 41.8 Å². The number of benzene rings is 3. The van der Waals surface area contributed by atoms with Crippen molar-refractivity contribution >= 4 is 21.9 Å². The number of rotatable bonds is 6. The molecule has 0 aliphatic carbocycles. The Bertz CT molecular complexity index is 1300. The van der Waals surface area contributed by atoms with E-state index < -0.39 is 5.97 Å². The summed E-state index contributed by atoms with van der Waals surface area (Å²) in [7, 11) is 0. The van der Waals surface area contributed by atoms with Gasteiger partial charge in [0.15, 0.2) is 0 Å². The summed E-state index contributed by atoms with van der Waals surface area (Å²) in [5, 5.41) is 19.3. The number of phenols is 1. The summed E-state index contributed by atoms with van der Waals surface area (Å²) in [6, 6.07) is 20.1. The van der Waals surface area contributed by atoms with Crippen LogP contribution in [0.5, 0.6) is 11.5 Å². The molecule has 4 aromatic rings. The minimum Gasteiger partial charge on any atom is -0.507 e. The number of hydrogen-bond donors (Lipinski definition) is 2. The Hall–Kier alpha value is -3.58. The van der Waals surface area contributed by atoms with Gasteiger partial charge in [-0.3, -0.25) is 0 Å². The molecule has 0 fully saturated rings. The van der Waals surface area contributed by atoms with Crippen molar-refractivity contribution in [3.63, 3.8) is 0 Å². The van der Waals surface area contributed by atoms with Crippen molar-refractivity contribution in [1.29, 1.82) is 0 Å². The van der Waals surface area contributed by atoms with Gasteiger partial charge in [-0.25, -0.2) is 9.18 Å². The average Bonchev–Trinajstić information content (AvgIpc) is 3.15. The third kappa shape index (κ3) is 4.38. The van der Waals surface area contributed by atoms with Crippen LogP contribution in [0.4, 0.5) is 4.39 Å². The van der Waals surface area contributed by atoms with Gasteiger partial charge in [-0.05, 0) is 73.2 Å². The molecule has 1 aromatic heterocycles. The van der Waals surface area contributed by atoms with Crippen LogP contribution in [-0.4, -0.2) is 20.7 Å². The lowest BCUT2D eigenvalue weighted by molar-refractivity contribution is 0.0693. The van der Waals surface area contributed by atoms with Crippen LogP contribution in [-0.2, 0) is 6.61 Å². The molecule has 32 heavy (non-hydrogen) atoms. The molecule has 0 radical (unpaired) electrons. The highest BCUT2D eigenvalue weighted by Crippen LogP contribution is 2.36. The number of halogens is 2. The van der Waals surface area contributed by atoms with Crippen molar-refractivity contribution in [2.24, 2.45) is 0 Å². The second kappa shape index (κ2) is 8.88. The summed E-state index contributed by atoms with van der Waals surface area (Å²) in [5.74, 6) is -1.19. The fourth-order valence-electron chi connectivity index (χ4n) is 3.50. The molecule has 0 unspecified atom stereocenters. The van der Waals surface area contributed by atoms with Gasteiger partial charge in [0.25, 0.3) is 0 Å². The van der Waals surface area contributed by atoms with Crippen molar-refractivity contribution in [2.45, 2.75) is 13.5 Å². The number of aromatic hydroxyl groups is 1. The van der Waals surface area contributed by atoms with E-state index in [1.165, 1.54) is 24.3 Å². The second-order valence-corrected chi connectivity index (χ2v) is 8.17. The minimum absolute atomic E-state index is 0.177. The van der Waals surface area contributed by atoms with Gasteiger partial charge in [-0.15, -0.1) is 0 Å². The van der Waals surface area contributed by atoms with E-state index >= 15 is 0 Å². The highest BCUT2D eigenvalue weighted by molar-refractivity contribution is 9.10. The molecule has 0 spiro atoms.